The molecule has 0 saturated heterocycles. The first-order valence-corrected chi connectivity index (χ1v) is 5.07. The SMILES string of the molecule is CCN1CCOc2cc(N)c(Cl)cc21. The molecule has 0 atom stereocenters. The molecule has 0 bridgehead atoms. The van der Waals surface area contributed by atoms with Gasteiger partial charge in [0.25, 0.3) is 0 Å². The third-order valence-corrected chi connectivity index (χ3v) is 2.75. The Bertz CT molecular complexity index is 354. The quantitative estimate of drug-likeness (QED) is 0.725. The van der Waals surface area contributed by atoms with E-state index >= 15 is 0 Å². The molecule has 1 aliphatic heterocycles. The highest BCUT2D eigenvalue weighted by Crippen LogP contribution is 2.37. The molecule has 76 valence electrons. The second-order valence-electron chi connectivity index (χ2n) is 3.27. The van der Waals surface area contributed by atoms with Gasteiger partial charge in [-0.2, -0.15) is 0 Å². The summed E-state index contributed by atoms with van der Waals surface area (Å²) in [4.78, 5) is 2.23. The van der Waals surface area contributed by atoms with Crippen LogP contribution in [0, 0.1) is 0 Å². The van der Waals surface area contributed by atoms with Crippen molar-refractivity contribution in [2.24, 2.45) is 0 Å². The topological polar surface area (TPSA) is 38.5 Å². The molecule has 1 aromatic rings. The Hall–Kier alpha value is -1.09. The number of likely N-dealkylation sites (N-methyl/N-ethyl adjacent to an activating group) is 1. The number of hydrogen-bond acceptors (Lipinski definition) is 3. The van der Waals surface area contributed by atoms with Crippen LogP contribution in [0.15, 0.2) is 12.1 Å². The summed E-state index contributed by atoms with van der Waals surface area (Å²) >= 11 is 5.96. The summed E-state index contributed by atoms with van der Waals surface area (Å²) in [5.41, 5.74) is 7.31. The van der Waals surface area contributed by atoms with Gasteiger partial charge < -0.3 is 15.4 Å². The lowest BCUT2D eigenvalue weighted by Gasteiger charge is -2.30. The number of fused-ring (bicyclic) bond motifs is 1. The Kier molecular flexibility index (Phi) is 2.42. The van der Waals surface area contributed by atoms with E-state index < -0.39 is 0 Å². The third kappa shape index (κ3) is 1.48. The van der Waals surface area contributed by atoms with Gasteiger partial charge in [0.1, 0.15) is 12.4 Å². The van der Waals surface area contributed by atoms with Gasteiger partial charge in [0, 0.05) is 12.6 Å². The fraction of sp³-hybridized carbons (Fsp3) is 0.400. The maximum absolute atomic E-state index is 5.96. The number of nitrogen functional groups attached to an aromatic ring is 1. The van der Waals surface area contributed by atoms with Gasteiger partial charge in [0.15, 0.2) is 0 Å². The first-order valence-electron chi connectivity index (χ1n) is 4.69. The molecule has 0 aliphatic carbocycles. The van der Waals surface area contributed by atoms with E-state index in [0.29, 0.717) is 17.3 Å². The molecule has 0 unspecified atom stereocenters. The van der Waals surface area contributed by atoms with Gasteiger partial charge in [-0.3, -0.25) is 0 Å². The molecule has 2 rings (SSSR count). The summed E-state index contributed by atoms with van der Waals surface area (Å²) in [6.45, 7) is 4.68. The molecular formula is C10H13ClN2O. The number of nitrogens with two attached hydrogens (primary N) is 1. The maximum Gasteiger partial charge on any atom is 0.144 e. The van der Waals surface area contributed by atoms with Crippen molar-refractivity contribution in [3.63, 3.8) is 0 Å². The summed E-state index contributed by atoms with van der Waals surface area (Å²) in [7, 11) is 0. The predicted molar refractivity (Wildman–Crippen MR) is 59.2 cm³/mol. The van der Waals surface area contributed by atoms with E-state index in [1.807, 2.05) is 6.07 Å². The van der Waals surface area contributed by atoms with E-state index in [-0.39, 0.29) is 0 Å². The van der Waals surface area contributed by atoms with Crippen LogP contribution in [0.2, 0.25) is 5.02 Å². The third-order valence-electron chi connectivity index (χ3n) is 2.42. The molecule has 14 heavy (non-hydrogen) atoms. The lowest BCUT2D eigenvalue weighted by molar-refractivity contribution is 0.308. The normalized spacial score (nSPS) is 14.9. The minimum Gasteiger partial charge on any atom is -0.489 e. The number of benzene rings is 1. The van der Waals surface area contributed by atoms with Gasteiger partial charge in [0.2, 0.25) is 0 Å². The highest BCUT2D eigenvalue weighted by atomic mass is 35.5. The van der Waals surface area contributed by atoms with Gasteiger partial charge in [-0.25, -0.2) is 0 Å². The minimum atomic E-state index is 0.573. The van der Waals surface area contributed by atoms with Crippen LogP contribution in [0.5, 0.6) is 5.75 Å². The summed E-state index contributed by atoms with van der Waals surface area (Å²) in [6, 6.07) is 3.66. The van der Waals surface area contributed by atoms with Crippen LogP contribution in [0.25, 0.3) is 0 Å². The molecule has 0 amide bonds. The van der Waals surface area contributed by atoms with Crippen molar-refractivity contribution in [1.82, 2.24) is 0 Å². The van der Waals surface area contributed by atoms with Crippen molar-refractivity contribution < 1.29 is 4.74 Å². The Labute approximate surface area is 88.4 Å². The fourth-order valence-corrected chi connectivity index (χ4v) is 1.79. The molecule has 0 aromatic heterocycles. The van der Waals surface area contributed by atoms with Crippen molar-refractivity contribution in [2.45, 2.75) is 6.92 Å². The zero-order chi connectivity index (χ0) is 10.1. The van der Waals surface area contributed by atoms with E-state index in [1.54, 1.807) is 6.07 Å². The molecule has 1 heterocycles. The average Bonchev–Trinajstić information content (AvgIpc) is 2.19. The largest absolute Gasteiger partial charge is 0.489 e. The van der Waals surface area contributed by atoms with Gasteiger partial charge in [0.05, 0.1) is 22.9 Å². The van der Waals surface area contributed by atoms with E-state index in [1.165, 1.54) is 0 Å². The van der Waals surface area contributed by atoms with Gasteiger partial charge in [-0.05, 0) is 13.0 Å². The number of nitrogens with zero attached hydrogens (tertiary/aromatic N) is 1. The van der Waals surface area contributed by atoms with Crippen molar-refractivity contribution in [3.8, 4) is 5.75 Å². The smallest absolute Gasteiger partial charge is 0.144 e. The summed E-state index contributed by atoms with van der Waals surface area (Å²) in [6.07, 6.45) is 0. The molecule has 4 heteroatoms. The Morgan fingerprint density at radius 1 is 1.57 bits per heavy atom. The van der Waals surface area contributed by atoms with Crippen LogP contribution < -0.4 is 15.4 Å². The predicted octanol–water partition coefficient (Wildman–Crippen LogP) is 2.14. The average molecular weight is 213 g/mol. The lowest BCUT2D eigenvalue weighted by atomic mass is 10.2. The molecule has 2 N–H and O–H groups in total. The standard InChI is InChI=1S/C10H13ClN2O/c1-2-13-3-4-14-10-6-8(12)7(11)5-9(10)13/h5-6H,2-4,12H2,1H3. The van der Waals surface area contributed by atoms with Crippen LogP contribution >= 0.6 is 11.6 Å². The molecule has 1 aromatic carbocycles. The van der Waals surface area contributed by atoms with E-state index in [9.17, 15) is 0 Å². The van der Waals surface area contributed by atoms with Crippen LogP contribution in [-0.2, 0) is 0 Å². The molecule has 0 saturated carbocycles. The number of hydrogen-bond donors (Lipinski definition) is 1. The number of ether oxygens (including phenoxy) is 1. The second kappa shape index (κ2) is 3.58. The number of halogens is 1. The minimum absolute atomic E-state index is 0.573. The van der Waals surface area contributed by atoms with Crippen molar-refractivity contribution >= 4 is 23.0 Å². The molecule has 3 nitrogen and oxygen atoms in total. The maximum atomic E-state index is 5.96. The van der Waals surface area contributed by atoms with Gasteiger partial charge in [-0.15, -0.1) is 0 Å². The van der Waals surface area contributed by atoms with Crippen molar-refractivity contribution in [2.75, 3.05) is 30.3 Å². The number of anilines is 2. The lowest BCUT2D eigenvalue weighted by Crippen LogP contribution is -2.32. The van der Waals surface area contributed by atoms with Crippen LogP contribution in [0.4, 0.5) is 11.4 Å². The van der Waals surface area contributed by atoms with E-state index in [0.717, 1.165) is 24.5 Å². The summed E-state index contributed by atoms with van der Waals surface area (Å²) in [5, 5.41) is 0.590. The van der Waals surface area contributed by atoms with E-state index in [2.05, 4.69) is 11.8 Å². The van der Waals surface area contributed by atoms with E-state index in [4.69, 9.17) is 22.1 Å². The second-order valence-corrected chi connectivity index (χ2v) is 3.68. The zero-order valence-electron chi connectivity index (χ0n) is 8.09. The summed E-state index contributed by atoms with van der Waals surface area (Å²) < 4.78 is 5.51. The van der Waals surface area contributed by atoms with Gasteiger partial charge in [-0.1, -0.05) is 11.6 Å². The monoisotopic (exact) mass is 212 g/mol. The number of rotatable bonds is 1. The first kappa shape index (κ1) is 9.46. The van der Waals surface area contributed by atoms with Gasteiger partial charge >= 0.3 is 0 Å². The molecule has 0 radical (unpaired) electrons. The Morgan fingerprint density at radius 2 is 2.36 bits per heavy atom. The summed E-state index contributed by atoms with van der Waals surface area (Å²) in [5.74, 6) is 0.833. The molecular weight excluding hydrogens is 200 g/mol. The van der Waals surface area contributed by atoms with Crippen LogP contribution in [-0.4, -0.2) is 19.7 Å². The molecule has 0 spiro atoms. The molecule has 0 fully saturated rings. The molecule has 1 aliphatic rings. The highest BCUT2D eigenvalue weighted by Gasteiger charge is 2.18. The van der Waals surface area contributed by atoms with Crippen LogP contribution in [0.1, 0.15) is 6.92 Å². The zero-order valence-corrected chi connectivity index (χ0v) is 8.84. The van der Waals surface area contributed by atoms with Crippen molar-refractivity contribution in [3.05, 3.63) is 17.2 Å². The first-order chi connectivity index (χ1) is 6.72. The van der Waals surface area contributed by atoms with Crippen molar-refractivity contribution in [1.29, 1.82) is 0 Å². The fourth-order valence-electron chi connectivity index (χ4n) is 1.64. The van der Waals surface area contributed by atoms with Crippen LogP contribution in [0.3, 0.4) is 0 Å². The Morgan fingerprint density at radius 3 is 3.07 bits per heavy atom. The Balaban J connectivity index is 2.47. The highest BCUT2D eigenvalue weighted by molar-refractivity contribution is 6.33.